The number of carbonyl (C=O) groups excluding carboxylic acids is 2. The lowest BCUT2D eigenvalue weighted by Crippen LogP contribution is -2.55. The van der Waals surface area contributed by atoms with Crippen LogP contribution in [0.1, 0.15) is 31.1 Å². The van der Waals surface area contributed by atoms with Crippen LogP contribution in [0.5, 0.6) is 0 Å². The van der Waals surface area contributed by atoms with E-state index < -0.39 is 5.97 Å². The van der Waals surface area contributed by atoms with Crippen LogP contribution in [0.2, 0.25) is 5.02 Å². The van der Waals surface area contributed by atoms with Gasteiger partial charge in [0.2, 0.25) is 0 Å². The molecule has 1 saturated heterocycles. The summed E-state index contributed by atoms with van der Waals surface area (Å²) in [4.78, 5) is 27.8. The number of urea groups is 1. The van der Waals surface area contributed by atoms with E-state index in [2.05, 4.69) is 10.2 Å². The van der Waals surface area contributed by atoms with E-state index in [4.69, 9.17) is 16.3 Å². The van der Waals surface area contributed by atoms with E-state index in [1.165, 1.54) is 7.11 Å². The molecule has 1 N–H and O–H groups in total. The number of hydrogen-bond donors (Lipinski definition) is 1. The number of esters is 1. The highest BCUT2D eigenvalue weighted by molar-refractivity contribution is 6.33. The monoisotopic (exact) mass is 353 g/mol. The fourth-order valence-electron chi connectivity index (χ4n) is 2.55. The molecule has 0 bridgehead atoms. The highest BCUT2D eigenvalue weighted by Crippen LogP contribution is 2.28. The maximum absolute atomic E-state index is 12.2. The Kier molecular flexibility index (Phi) is 5.59. The fraction of sp³-hybridized carbons (Fsp3) is 0.529. The molecule has 0 radical (unpaired) electrons. The molecule has 1 fully saturated rings. The summed E-state index contributed by atoms with van der Waals surface area (Å²) in [7, 11) is 1.35. The topological polar surface area (TPSA) is 61.9 Å². The molecule has 1 aliphatic rings. The van der Waals surface area contributed by atoms with Crippen LogP contribution >= 0.6 is 11.6 Å². The molecular weight excluding hydrogens is 330 g/mol. The van der Waals surface area contributed by atoms with E-state index in [0.717, 1.165) is 5.69 Å². The van der Waals surface area contributed by atoms with Gasteiger partial charge in [-0.2, -0.15) is 0 Å². The first-order chi connectivity index (χ1) is 11.2. The minimum atomic E-state index is -0.392. The predicted molar refractivity (Wildman–Crippen MR) is 94.9 cm³/mol. The minimum absolute atomic E-state index is 0.0587. The van der Waals surface area contributed by atoms with Crippen LogP contribution in [-0.4, -0.2) is 55.7 Å². The number of methoxy groups -OCH3 is 1. The molecular formula is C17H24ClN3O3. The van der Waals surface area contributed by atoms with E-state index in [1.54, 1.807) is 23.1 Å². The third kappa shape index (κ3) is 4.54. The zero-order valence-electron chi connectivity index (χ0n) is 14.6. The fourth-order valence-corrected chi connectivity index (χ4v) is 2.79. The summed E-state index contributed by atoms with van der Waals surface area (Å²) in [6.07, 6.45) is 0. The molecule has 1 aliphatic heterocycles. The number of halogens is 1. The lowest BCUT2D eigenvalue weighted by atomic mass is 10.1. The van der Waals surface area contributed by atoms with Crippen molar-refractivity contribution in [1.29, 1.82) is 0 Å². The zero-order valence-corrected chi connectivity index (χ0v) is 15.3. The lowest BCUT2D eigenvalue weighted by Gasteiger charge is -2.37. The molecule has 0 saturated carbocycles. The van der Waals surface area contributed by atoms with E-state index >= 15 is 0 Å². The van der Waals surface area contributed by atoms with Gasteiger partial charge in [-0.15, -0.1) is 0 Å². The third-order valence-corrected chi connectivity index (χ3v) is 4.08. The van der Waals surface area contributed by atoms with Crippen LogP contribution in [0.4, 0.5) is 10.5 Å². The Hall–Kier alpha value is -1.95. The molecule has 2 rings (SSSR count). The van der Waals surface area contributed by atoms with Gasteiger partial charge in [0.15, 0.2) is 0 Å². The quantitative estimate of drug-likeness (QED) is 0.830. The Labute approximate surface area is 147 Å². The SMILES string of the molecule is COC(=O)c1ccc(Cl)c(N2CCN(C(=O)NC(C)(C)C)CC2)c1. The van der Waals surface area contributed by atoms with Crippen LogP contribution in [0.25, 0.3) is 0 Å². The molecule has 0 aliphatic carbocycles. The first-order valence-corrected chi connectivity index (χ1v) is 8.29. The van der Waals surface area contributed by atoms with Crippen molar-refractivity contribution in [2.45, 2.75) is 26.3 Å². The van der Waals surface area contributed by atoms with Crippen LogP contribution < -0.4 is 10.2 Å². The van der Waals surface area contributed by atoms with Gasteiger partial charge >= 0.3 is 12.0 Å². The molecule has 1 aromatic rings. The van der Waals surface area contributed by atoms with Gasteiger partial charge in [0.05, 0.1) is 23.4 Å². The smallest absolute Gasteiger partial charge is 0.337 e. The number of rotatable bonds is 2. The van der Waals surface area contributed by atoms with Gasteiger partial charge in [-0.05, 0) is 39.0 Å². The van der Waals surface area contributed by atoms with Crippen molar-refractivity contribution in [2.24, 2.45) is 0 Å². The number of piperazine rings is 1. The van der Waals surface area contributed by atoms with Crippen molar-refractivity contribution in [3.05, 3.63) is 28.8 Å². The number of carbonyl (C=O) groups is 2. The third-order valence-electron chi connectivity index (χ3n) is 3.76. The first-order valence-electron chi connectivity index (χ1n) is 7.91. The number of anilines is 1. The standard InChI is InChI=1S/C17H24ClN3O3/c1-17(2,3)19-16(23)21-9-7-20(8-10-21)14-11-12(15(22)24-4)5-6-13(14)18/h5-6,11H,7-10H2,1-4H3,(H,19,23). The largest absolute Gasteiger partial charge is 0.465 e. The number of ether oxygens (including phenoxy) is 1. The molecule has 0 aromatic heterocycles. The number of hydrogen-bond acceptors (Lipinski definition) is 4. The van der Waals surface area contributed by atoms with Gasteiger partial charge in [0.25, 0.3) is 0 Å². The molecule has 2 amide bonds. The summed E-state index contributed by atoms with van der Waals surface area (Å²) in [6.45, 7) is 8.38. The Morgan fingerprint density at radius 3 is 2.33 bits per heavy atom. The van der Waals surface area contributed by atoms with E-state index in [1.807, 2.05) is 20.8 Å². The second-order valence-corrected chi connectivity index (χ2v) is 7.22. The maximum Gasteiger partial charge on any atom is 0.337 e. The summed E-state index contributed by atoms with van der Waals surface area (Å²) in [5.74, 6) is -0.392. The van der Waals surface area contributed by atoms with E-state index in [0.29, 0.717) is 36.8 Å². The highest BCUT2D eigenvalue weighted by Gasteiger charge is 2.25. The normalized spacial score (nSPS) is 15.2. The van der Waals surface area contributed by atoms with E-state index in [-0.39, 0.29) is 11.6 Å². The summed E-state index contributed by atoms with van der Waals surface area (Å²) in [6, 6.07) is 5.02. The van der Waals surface area contributed by atoms with Gasteiger partial charge in [-0.25, -0.2) is 9.59 Å². The summed E-state index contributed by atoms with van der Waals surface area (Å²) >= 11 is 6.28. The molecule has 7 heteroatoms. The zero-order chi connectivity index (χ0) is 17.9. The van der Waals surface area contributed by atoms with Crippen LogP contribution in [-0.2, 0) is 4.74 Å². The predicted octanol–water partition coefficient (Wildman–Crippen LogP) is 2.76. The van der Waals surface area contributed by atoms with Crippen molar-refractivity contribution in [2.75, 3.05) is 38.2 Å². The highest BCUT2D eigenvalue weighted by atomic mass is 35.5. The molecule has 132 valence electrons. The maximum atomic E-state index is 12.2. The molecule has 6 nitrogen and oxygen atoms in total. The number of benzene rings is 1. The molecule has 0 unspecified atom stereocenters. The summed E-state index contributed by atoms with van der Waals surface area (Å²) in [5, 5.41) is 3.55. The van der Waals surface area contributed by atoms with Gasteiger partial charge in [-0.3, -0.25) is 0 Å². The van der Waals surface area contributed by atoms with Crippen molar-refractivity contribution in [3.8, 4) is 0 Å². The van der Waals surface area contributed by atoms with Gasteiger partial charge in [0.1, 0.15) is 0 Å². The van der Waals surface area contributed by atoms with E-state index in [9.17, 15) is 9.59 Å². The Morgan fingerprint density at radius 2 is 1.79 bits per heavy atom. The van der Waals surface area contributed by atoms with Crippen molar-refractivity contribution >= 4 is 29.3 Å². The average molecular weight is 354 g/mol. The van der Waals surface area contributed by atoms with Crippen LogP contribution in [0.3, 0.4) is 0 Å². The van der Waals surface area contributed by atoms with Crippen LogP contribution in [0.15, 0.2) is 18.2 Å². The summed E-state index contributed by atoms with van der Waals surface area (Å²) in [5.41, 5.74) is 0.993. The molecule has 0 spiro atoms. The lowest BCUT2D eigenvalue weighted by molar-refractivity contribution is 0.0600. The number of nitrogens with one attached hydrogen (secondary N) is 1. The molecule has 1 aromatic carbocycles. The van der Waals surface area contributed by atoms with Gasteiger partial charge in [-0.1, -0.05) is 11.6 Å². The molecule has 1 heterocycles. The first kappa shape index (κ1) is 18.4. The van der Waals surface area contributed by atoms with Crippen molar-refractivity contribution in [1.82, 2.24) is 10.2 Å². The number of amides is 2. The van der Waals surface area contributed by atoms with Gasteiger partial charge in [0, 0.05) is 31.7 Å². The van der Waals surface area contributed by atoms with Crippen molar-refractivity contribution < 1.29 is 14.3 Å². The van der Waals surface area contributed by atoms with Gasteiger partial charge < -0.3 is 19.9 Å². The number of nitrogens with zero attached hydrogens (tertiary/aromatic N) is 2. The Balaban J connectivity index is 2.04. The Morgan fingerprint density at radius 1 is 1.17 bits per heavy atom. The molecule has 24 heavy (non-hydrogen) atoms. The van der Waals surface area contributed by atoms with Crippen LogP contribution in [0, 0.1) is 0 Å². The summed E-state index contributed by atoms with van der Waals surface area (Å²) < 4.78 is 4.75. The second kappa shape index (κ2) is 7.30. The Bertz CT molecular complexity index is 620. The van der Waals surface area contributed by atoms with Crippen molar-refractivity contribution in [3.63, 3.8) is 0 Å². The average Bonchev–Trinajstić information content (AvgIpc) is 2.53. The molecule has 0 atom stereocenters. The second-order valence-electron chi connectivity index (χ2n) is 6.81. The minimum Gasteiger partial charge on any atom is -0.465 e.